The lowest BCUT2D eigenvalue weighted by molar-refractivity contribution is 0.0614. The van der Waals surface area contributed by atoms with Gasteiger partial charge >= 0.3 is 0 Å². The second-order valence-corrected chi connectivity index (χ2v) is 7.13. The number of piperazine rings is 1. The van der Waals surface area contributed by atoms with E-state index in [1.165, 1.54) is 6.07 Å². The zero-order valence-corrected chi connectivity index (χ0v) is 15.1. The average molecular weight is 390 g/mol. The molecule has 0 aliphatic carbocycles. The maximum Gasteiger partial charge on any atom is 0.254 e. The molecular formula is C18H16F2N4O2S. The van der Waals surface area contributed by atoms with Crippen molar-refractivity contribution in [2.75, 3.05) is 26.2 Å². The topological polar surface area (TPSA) is 62.5 Å². The van der Waals surface area contributed by atoms with Crippen molar-refractivity contribution < 1.29 is 18.1 Å². The fraction of sp³-hybridized carbons (Fsp3) is 0.278. The third-order valence-electron chi connectivity index (χ3n) is 4.39. The Morgan fingerprint density at radius 3 is 2.67 bits per heavy atom. The van der Waals surface area contributed by atoms with Gasteiger partial charge in [-0.1, -0.05) is 11.2 Å². The van der Waals surface area contributed by atoms with E-state index in [0.717, 1.165) is 17.0 Å². The van der Waals surface area contributed by atoms with Gasteiger partial charge < -0.3 is 9.42 Å². The van der Waals surface area contributed by atoms with Crippen molar-refractivity contribution in [3.63, 3.8) is 0 Å². The summed E-state index contributed by atoms with van der Waals surface area (Å²) in [4.78, 5) is 21.5. The number of thiophene rings is 1. The molecule has 1 aliphatic heterocycles. The summed E-state index contributed by atoms with van der Waals surface area (Å²) in [6.45, 7) is 2.75. The Morgan fingerprint density at radius 2 is 1.96 bits per heavy atom. The van der Waals surface area contributed by atoms with Crippen LogP contribution in [0.2, 0.25) is 0 Å². The van der Waals surface area contributed by atoms with Gasteiger partial charge in [-0.25, -0.2) is 8.78 Å². The number of carbonyl (C=O) groups is 1. The zero-order chi connectivity index (χ0) is 18.8. The van der Waals surface area contributed by atoms with Crippen LogP contribution in [-0.4, -0.2) is 52.0 Å². The molecule has 0 atom stereocenters. The molecule has 3 heterocycles. The zero-order valence-electron chi connectivity index (χ0n) is 14.3. The van der Waals surface area contributed by atoms with Gasteiger partial charge in [-0.15, -0.1) is 11.3 Å². The third kappa shape index (κ3) is 3.88. The first-order valence-electron chi connectivity index (χ1n) is 8.43. The third-order valence-corrected chi connectivity index (χ3v) is 5.26. The molecule has 27 heavy (non-hydrogen) atoms. The fourth-order valence-corrected chi connectivity index (χ4v) is 3.59. The van der Waals surface area contributed by atoms with Crippen LogP contribution in [0.4, 0.5) is 8.78 Å². The fourth-order valence-electron chi connectivity index (χ4n) is 2.94. The van der Waals surface area contributed by atoms with Crippen LogP contribution in [0, 0.1) is 11.6 Å². The summed E-state index contributed by atoms with van der Waals surface area (Å²) in [5.74, 6) is -1.17. The molecule has 1 aliphatic rings. The number of aromatic nitrogens is 2. The van der Waals surface area contributed by atoms with E-state index < -0.39 is 11.6 Å². The minimum atomic E-state index is -1.02. The molecule has 0 spiro atoms. The SMILES string of the molecule is O=C(c1ccc(F)c(F)c1)N1CCN(Cc2nc(-c3cccs3)no2)CC1. The van der Waals surface area contributed by atoms with Crippen LogP contribution >= 0.6 is 11.3 Å². The summed E-state index contributed by atoms with van der Waals surface area (Å²) in [5, 5.41) is 5.94. The van der Waals surface area contributed by atoms with Crippen LogP contribution in [0.25, 0.3) is 10.7 Å². The molecule has 2 aromatic heterocycles. The molecule has 1 saturated heterocycles. The summed E-state index contributed by atoms with van der Waals surface area (Å²) in [7, 11) is 0. The molecule has 9 heteroatoms. The molecule has 1 aromatic carbocycles. The molecule has 0 N–H and O–H groups in total. The van der Waals surface area contributed by atoms with Crippen LogP contribution < -0.4 is 0 Å². The standard InChI is InChI=1S/C18H16F2N4O2S/c19-13-4-3-12(10-14(13)20)18(25)24-7-5-23(6-8-24)11-16-21-17(22-26-16)15-2-1-9-27-15/h1-4,9-10H,5-8,11H2. The van der Waals surface area contributed by atoms with E-state index in [1.54, 1.807) is 16.2 Å². The molecular weight excluding hydrogens is 374 g/mol. The minimum Gasteiger partial charge on any atom is -0.338 e. The van der Waals surface area contributed by atoms with Gasteiger partial charge in [0.15, 0.2) is 11.6 Å². The Morgan fingerprint density at radius 1 is 1.15 bits per heavy atom. The lowest BCUT2D eigenvalue weighted by atomic mass is 10.1. The van der Waals surface area contributed by atoms with Gasteiger partial charge in [0.05, 0.1) is 11.4 Å². The van der Waals surface area contributed by atoms with E-state index in [9.17, 15) is 13.6 Å². The predicted octanol–water partition coefficient (Wildman–Crippen LogP) is 3.03. The van der Waals surface area contributed by atoms with Crippen LogP contribution in [-0.2, 0) is 6.54 Å². The monoisotopic (exact) mass is 390 g/mol. The Kier molecular flexibility index (Phi) is 4.95. The Bertz CT molecular complexity index is 937. The summed E-state index contributed by atoms with van der Waals surface area (Å²) in [5.41, 5.74) is 0.153. The van der Waals surface area contributed by atoms with E-state index in [2.05, 4.69) is 15.0 Å². The highest BCUT2D eigenvalue weighted by atomic mass is 32.1. The quantitative estimate of drug-likeness (QED) is 0.685. The summed E-state index contributed by atoms with van der Waals surface area (Å²) < 4.78 is 31.7. The van der Waals surface area contributed by atoms with Crippen LogP contribution in [0.5, 0.6) is 0 Å². The van der Waals surface area contributed by atoms with Crippen molar-refractivity contribution in [2.24, 2.45) is 0 Å². The number of hydrogen-bond acceptors (Lipinski definition) is 6. The van der Waals surface area contributed by atoms with E-state index in [4.69, 9.17) is 4.52 Å². The van der Waals surface area contributed by atoms with Gasteiger partial charge in [0.25, 0.3) is 5.91 Å². The molecule has 0 saturated carbocycles. The second kappa shape index (κ2) is 7.53. The van der Waals surface area contributed by atoms with Gasteiger partial charge in [0, 0.05) is 31.7 Å². The van der Waals surface area contributed by atoms with Gasteiger partial charge in [0.2, 0.25) is 11.7 Å². The van der Waals surface area contributed by atoms with E-state index in [0.29, 0.717) is 44.4 Å². The number of hydrogen-bond donors (Lipinski definition) is 0. The number of halogens is 2. The molecule has 140 valence electrons. The maximum atomic E-state index is 13.3. The molecule has 0 unspecified atom stereocenters. The van der Waals surface area contributed by atoms with Crippen molar-refractivity contribution in [3.8, 4) is 10.7 Å². The number of carbonyl (C=O) groups excluding carboxylic acids is 1. The van der Waals surface area contributed by atoms with Crippen molar-refractivity contribution in [1.29, 1.82) is 0 Å². The first kappa shape index (κ1) is 17.7. The van der Waals surface area contributed by atoms with Gasteiger partial charge in [-0.3, -0.25) is 9.69 Å². The average Bonchev–Trinajstić information content (AvgIpc) is 3.36. The highest BCUT2D eigenvalue weighted by molar-refractivity contribution is 7.13. The van der Waals surface area contributed by atoms with Gasteiger partial charge in [0.1, 0.15) is 0 Å². The van der Waals surface area contributed by atoms with E-state index in [-0.39, 0.29) is 11.5 Å². The molecule has 0 radical (unpaired) electrons. The first-order chi connectivity index (χ1) is 13.1. The van der Waals surface area contributed by atoms with Crippen molar-refractivity contribution >= 4 is 17.2 Å². The molecule has 6 nitrogen and oxygen atoms in total. The lowest BCUT2D eigenvalue weighted by Crippen LogP contribution is -2.48. The minimum absolute atomic E-state index is 0.153. The van der Waals surface area contributed by atoms with Crippen LogP contribution in [0.1, 0.15) is 16.2 Å². The first-order valence-corrected chi connectivity index (χ1v) is 9.31. The predicted molar refractivity (Wildman–Crippen MR) is 95.1 cm³/mol. The van der Waals surface area contributed by atoms with Crippen LogP contribution in [0.15, 0.2) is 40.2 Å². The summed E-state index contributed by atoms with van der Waals surface area (Å²) >= 11 is 1.55. The smallest absolute Gasteiger partial charge is 0.254 e. The van der Waals surface area contributed by atoms with Crippen LogP contribution in [0.3, 0.4) is 0 Å². The van der Waals surface area contributed by atoms with Crippen molar-refractivity contribution in [1.82, 2.24) is 19.9 Å². The molecule has 4 rings (SSSR count). The lowest BCUT2D eigenvalue weighted by Gasteiger charge is -2.34. The molecule has 3 aromatic rings. The Labute approximate surface area is 158 Å². The number of rotatable bonds is 4. The van der Waals surface area contributed by atoms with Crippen molar-refractivity contribution in [3.05, 3.63) is 58.8 Å². The Hall–Kier alpha value is -2.65. The number of nitrogens with zero attached hydrogens (tertiary/aromatic N) is 4. The summed E-state index contributed by atoms with van der Waals surface area (Å²) in [6.07, 6.45) is 0. The Balaban J connectivity index is 1.33. The molecule has 0 bridgehead atoms. The highest BCUT2D eigenvalue weighted by Crippen LogP contribution is 2.22. The van der Waals surface area contributed by atoms with E-state index in [1.807, 2.05) is 17.5 Å². The van der Waals surface area contributed by atoms with Gasteiger partial charge in [-0.05, 0) is 29.6 Å². The van der Waals surface area contributed by atoms with E-state index >= 15 is 0 Å². The highest BCUT2D eigenvalue weighted by Gasteiger charge is 2.24. The largest absolute Gasteiger partial charge is 0.338 e. The van der Waals surface area contributed by atoms with Crippen molar-refractivity contribution in [2.45, 2.75) is 6.54 Å². The second-order valence-electron chi connectivity index (χ2n) is 6.19. The van der Waals surface area contributed by atoms with Gasteiger partial charge in [-0.2, -0.15) is 4.98 Å². The molecule has 1 fully saturated rings. The number of amides is 1. The number of benzene rings is 1. The molecule has 1 amide bonds. The maximum absolute atomic E-state index is 13.3. The normalized spacial score (nSPS) is 15.3. The summed E-state index contributed by atoms with van der Waals surface area (Å²) in [6, 6.07) is 7.08.